The molecule has 1 atom stereocenters. The Morgan fingerprint density at radius 1 is 1.10 bits per heavy atom. The molecule has 2 N–H and O–H groups in total. The number of hydrogen-bond acceptors (Lipinski definition) is 3. The third kappa shape index (κ3) is 2.26. The Kier molecular flexibility index (Phi) is 3.16. The number of aliphatic hydroxyl groups is 1. The predicted octanol–water partition coefficient (Wildman–Crippen LogP) is 3.29. The van der Waals surface area contributed by atoms with E-state index in [0.29, 0.717) is 5.82 Å². The lowest BCUT2D eigenvalue weighted by atomic mass is 10.1. The van der Waals surface area contributed by atoms with E-state index in [4.69, 9.17) is 4.74 Å². The summed E-state index contributed by atoms with van der Waals surface area (Å²) < 4.78 is 5.16. The van der Waals surface area contributed by atoms with Crippen molar-refractivity contribution in [3.8, 4) is 16.9 Å². The Hall–Kier alpha value is -2.33. The number of nitrogens with one attached hydrogen (secondary N) is 1. The van der Waals surface area contributed by atoms with Crippen molar-refractivity contribution in [2.24, 2.45) is 0 Å². The fourth-order valence-electron chi connectivity index (χ4n) is 2.19. The molecular formula is C16H16N2O2. The molecule has 0 amide bonds. The van der Waals surface area contributed by atoms with Crippen molar-refractivity contribution in [2.45, 2.75) is 13.0 Å². The zero-order valence-electron chi connectivity index (χ0n) is 11.4. The van der Waals surface area contributed by atoms with Crippen LogP contribution in [-0.2, 0) is 0 Å². The Morgan fingerprint density at radius 3 is 2.45 bits per heavy atom. The van der Waals surface area contributed by atoms with Crippen LogP contribution in [0, 0.1) is 0 Å². The number of aromatic nitrogens is 2. The summed E-state index contributed by atoms with van der Waals surface area (Å²) in [4.78, 5) is 7.49. The number of hydrogen-bond donors (Lipinski definition) is 2. The average molecular weight is 268 g/mol. The van der Waals surface area contributed by atoms with Crippen LogP contribution in [0.5, 0.6) is 5.75 Å². The molecule has 20 heavy (non-hydrogen) atoms. The van der Waals surface area contributed by atoms with Gasteiger partial charge in [-0.05, 0) is 42.3 Å². The number of H-pyrrole nitrogens is 1. The fourth-order valence-corrected chi connectivity index (χ4v) is 2.19. The molecule has 1 heterocycles. The minimum atomic E-state index is -0.591. The summed E-state index contributed by atoms with van der Waals surface area (Å²) in [5.74, 6) is 1.43. The third-order valence-electron chi connectivity index (χ3n) is 3.32. The number of imidazole rings is 1. The molecule has 4 heteroatoms. The van der Waals surface area contributed by atoms with E-state index < -0.39 is 6.10 Å². The van der Waals surface area contributed by atoms with E-state index in [1.165, 1.54) is 0 Å². The number of aliphatic hydroxyl groups excluding tert-OH is 1. The lowest BCUT2D eigenvalue weighted by Crippen LogP contribution is -1.92. The number of fused-ring (bicyclic) bond motifs is 1. The van der Waals surface area contributed by atoms with Gasteiger partial charge in [0.25, 0.3) is 0 Å². The highest BCUT2D eigenvalue weighted by Gasteiger charge is 2.08. The van der Waals surface area contributed by atoms with Crippen LogP contribution in [0.1, 0.15) is 18.9 Å². The van der Waals surface area contributed by atoms with Crippen molar-refractivity contribution in [3.05, 3.63) is 48.3 Å². The van der Waals surface area contributed by atoms with Crippen molar-refractivity contribution < 1.29 is 9.84 Å². The van der Waals surface area contributed by atoms with Crippen molar-refractivity contribution in [2.75, 3.05) is 7.11 Å². The lowest BCUT2D eigenvalue weighted by molar-refractivity contribution is 0.190. The van der Waals surface area contributed by atoms with Gasteiger partial charge in [-0.15, -0.1) is 0 Å². The molecule has 0 aliphatic heterocycles. The van der Waals surface area contributed by atoms with Crippen LogP contribution in [-0.4, -0.2) is 22.2 Å². The minimum absolute atomic E-state index is 0.590. The predicted molar refractivity (Wildman–Crippen MR) is 78.7 cm³/mol. The van der Waals surface area contributed by atoms with Gasteiger partial charge in [-0.3, -0.25) is 0 Å². The quantitative estimate of drug-likeness (QED) is 0.766. The van der Waals surface area contributed by atoms with Gasteiger partial charge >= 0.3 is 0 Å². The van der Waals surface area contributed by atoms with Gasteiger partial charge in [-0.25, -0.2) is 4.98 Å². The summed E-state index contributed by atoms with van der Waals surface area (Å²) in [6, 6.07) is 13.9. The molecule has 0 saturated heterocycles. The normalized spacial score (nSPS) is 12.6. The molecule has 3 rings (SSSR count). The number of aromatic amines is 1. The maximum absolute atomic E-state index is 9.56. The Bertz CT molecular complexity index is 730. The third-order valence-corrected chi connectivity index (χ3v) is 3.32. The highest BCUT2D eigenvalue weighted by Crippen LogP contribution is 2.26. The van der Waals surface area contributed by atoms with E-state index >= 15 is 0 Å². The summed E-state index contributed by atoms with van der Waals surface area (Å²) in [6.07, 6.45) is -0.591. The summed E-state index contributed by atoms with van der Waals surface area (Å²) in [6.45, 7) is 1.70. The number of ether oxygens (including phenoxy) is 1. The molecule has 0 bridgehead atoms. The fraction of sp³-hybridized carbons (Fsp3) is 0.188. The van der Waals surface area contributed by atoms with Gasteiger partial charge in [0.05, 0.1) is 18.1 Å². The van der Waals surface area contributed by atoms with E-state index in [0.717, 1.165) is 27.9 Å². The van der Waals surface area contributed by atoms with E-state index in [2.05, 4.69) is 9.97 Å². The van der Waals surface area contributed by atoms with Crippen LogP contribution in [0.15, 0.2) is 42.5 Å². The first-order valence-electron chi connectivity index (χ1n) is 6.49. The minimum Gasteiger partial charge on any atom is -0.497 e. The van der Waals surface area contributed by atoms with Crippen LogP contribution in [0.2, 0.25) is 0 Å². The monoisotopic (exact) mass is 268 g/mol. The molecule has 0 saturated carbocycles. The second-order valence-electron chi connectivity index (χ2n) is 4.76. The van der Waals surface area contributed by atoms with Gasteiger partial charge in [0.15, 0.2) is 0 Å². The molecule has 0 radical (unpaired) electrons. The Balaban J connectivity index is 2.02. The first-order chi connectivity index (χ1) is 9.67. The van der Waals surface area contributed by atoms with Crippen LogP contribution < -0.4 is 4.74 Å². The second-order valence-corrected chi connectivity index (χ2v) is 4.76. The molecule has 102 valence electrons. The van der Waals surface area contributed by atoms with Crippen LogP contribution in [0.3, 0.4) is 0 Å². The largest absolute Gasteiger partial charge is 0.497 e. The van der Waals surface area contributed by atoms with Crippen molar-refractivity contribution in [1.29, 1.82) is 0 Å². The van der Waals surface area contributed by atoms with E-state index in [-0.39, 0.29) is 0 Å². The Labute approximate surface area is 117 Å². The first kappa shape index (κ1) is 12.7. The van der Waals surface area contributed by atoms with Crippen LogP contribution in [0.4, 0.5) is 0 Å². The lowest BCUT2D eigenvalue weighted by Gasteiger charge is -2.03. The van der Waals surface area contributed by atoms with Gasteiger partial charge < -0.3 is 14.8 Å². The van der Waals surface area contributed by atoms with Gasteiger partial charge in [-0.1, -0.05) is 18.2 Å². The average Bonchev–Trinajstić information content (AvgIpc) is 2.90. The summed E-state index contributed by atoms with van der Waals surface area (Å²) in [5.41, 5.74) is 3.99. The summed E-state index contributed by atoms with van der Waals surface area (Å²) in [5, 5.41) is 9.56. The highest BCUT2D eigenvalue weighted by molar-refractivity contribution is 5.82. The molecule has 1 unspecified atom stereocenters. The molecule has 4 nitrogen and oxygen atoms in total. The number of benzene rings is 2. The molecular weight excluding hydrogens is 252 g/mol. The molecule has 1 aromatic heterocycles. The number of rotatable bonds is 3. The molecule has 0 spiro atoms. The van der Waals surface area contributed by atoms with Gasteiger partial charge in [0.1, 0.15) is 17.7 Å². The molecule has 3 aromatic rings. The van der Waals surface area contributed by atoms with Crippen molar-refractivity contribution >= 4 is 11.0 Å². The van der Waals surface area contributed by atoms with Gasteiger partial charge in [0.2, 0.25) is 0 Å². The Morgan fingerprint density at radius 2 is 1.80 bits per heavy atom. The van der Waals surface area contributed by atoms with Gasteiger partial charge in [-0.2, -0.15) is 0 Å². The second kappa shape index (κ2) is 4.98. The van der Waals surface area contributed by atoms with E-state index in [1.54, 1.807) is 14.0 Å². The van der Waals surface area contributed by atoms with E-state index in [1.807, 2.05) is 42.5 Å². The topological polar surface area (TPSA) is 58.1 Å². The number of nitrogens with zero attached hydrogens (tertiary/aromatic N) is 1. The number of methoxy groups -OCH3 is 1. The summed E-state index contributed by atoms with van der Waals surface area (Å²) in [7, 11) is 1.66. The summed E-state index contributed by atoms with van der Waals surface area (Å²) >= 11 is 0. The van der Waals surface area contributed by atoms with Crippen LogP contribution in [0.25, 0.3) is 22.2 Å². The van der Waals surface area contributed by atoms with Crippen molar-refractivity contribution in [3.63, 3.8) is 0 Å². The molecule has 0 aliphatic rings. The van der Waals surface area contributed by atoms with E-state index in [9.17, 15) is 5.11 Å². The molecule has 2 aromatic carbocycles. The maximum Gasteiger partial charge on any atom is 0.135 e. The van der Waals surface area contributed by atoms with Crippen molar-refractivity contribution in [1.82, 2.24) is 9.97 Å². The highest BCUT2D eigenvalue weighted by atomic mass is 16.5. The molecule has 0 fully saturated rings. The zero-order chi connectivity index (χ0) is 14.1. The smallest absolute Gasteiger partial charge is 0.135 e. The SMILES string of the molecule is COc1ccc(-c2ccc3nc(C(C)O)[nH]c3c2)cc1. The molecule has 0 aliphatic carbocycles. The standard InChI is InChI=1S/C16H16N2O2/c1-10(19)16-17-14-8-5-12(9-15(14)18-16)11-3-6-13(20-2)7-4-11/h3-10,19H,1-2H3,(H,17,18). The first-order valence-corrected chi connectivity index (χ1v) is 6.49. The van der Waals surface area contributed by atoms with Gasteiger partial charge in [0, 0.05) is 0 Å². The van der Waals surface area contributed by atoms with Crippen LogP contribution >= 0.6 is 0 Å². The maximum atomic E-state index is 9.56. The zero-order valence-corrected chi connectivity index (χ0v) is 11.4.